The fourth-order valence-electron chi connectivity index (χ4n) is 2.99. The number of morpholine rings is 1. The molecule has 2 saturated heterocycles. The minimum atomic E-state index is 0.437. The Morgan fingerprint density at radius 2 is 2.00 bits per heavy atom. The molecule has 0 saturated carbocycles. The van der Waals surface area contributed by atoms with Gasteiger partial charge in [-0.2, -0.15) is 0 Å². The first-order chi connectivity index (χ1) is 8.63. The maximum atomic E-state index is 6.07. The summed E-state index contributed by atoms with van der Waals surface area (Å²) < 4.78 is 5.85. The minimum Gasteiger partial charge on any atom is -0.398 e. The number of aromatic nitrogens is 1. The smallest absolute Gasteiger partial charge is 0.0707 e. The van der Waals surface area contributed by atoms with Gasteiger partial charge in [0.1, 0.15) is 0 Å². The summed E-state index contributed by atoms with van der Waals surface area (Å²) in [6.07, 6.45) is 5.18. The van der Waals surface area contributed by atoms with Crippen molar-refractivity contribution < 1.29 is 4.74 Å². The van der Waals surface area contributed by atoms with E-state index in [1.807, 2.05) is 13.1 Å². The molecular formula is C14H21N3O. The Morgan fingerprint density at radius 3 is 2.67 bits per heavy atom. The molecule has 0 radical (unpaired) electrons. The summed E-state index contributed by atoms with van der Waals surface area (Å²) in [5, 5.41) is 0. The lowest BCUT2D eigenvalue weighted by Crippen LogP contribution is -2.42. The largest absolute Gasteiger partial charge is 0.398 e. The van der Waals surface area contributed by atoms with Crippen molar-refractivity contribution in [1.29, 1.82) is 0 Å². The Labute approximate surface area is 108 Å². The molecule has 98 valence electrons. The van der Waals surface area contributed by atoms with Gasteiger partial charge in [-0.15, -0.1) is 0 Å². The Morgan fingerprint density at radius 1 is 1.33 bits per heavy atom. The first-order valence-corrected chi connectivity index (χ1v) is 6.72. The van der Waals surface area contributed by atoms with Crippen molar-refractivity contribution in [3.8, 4) is 0 Å². The number of nitrogen functional groups attached to an aromatic ring is 1. The molecule has 2 N–H and O–H groups in total. The maximum Gasteiger partial charge on any atom is 0.0707 e. The van der Waals surface area contributed by atoms with Crippen LogP contribution < -0.4 is 5.73 Å². The molecule has 3 rings (SSSR count). The lowest BCUT2D eigenvalue weighted by molar-refractivity contribution is -0.0414. The van der Waals surface area contributed by atoms with Gasteiger partial charge in [0.2, 0.25) is 0 Å². The van der Waals surface area contributed by atoms with E-state index in [1.165, 1.54) is 12.8 Å². The van der Waals surface area contributed by atoms with Crippen LogP contribution in [0.25, 0.3) is 0 Å². The summed E-state index contributed by atoms with van der Waals surface area (Å²) in [4.78, 5) is 7.00. The molecule has 4 nitrogen and oxygen atoms in total. The van der Waals surface area contributed by atoms with Crippen LogP contribution in [0, 0.1) is 13.8 Å². The predicted molar refractivity (Wildman–Crippen MR) is 71.3 cm³/mol. The second kappa shape index (κ2) is 4.52. The highest BCUT2D eigenvalue weighted by atomic mass is 16.5. The third kappa shape index (κ3) is 2.10. The zero-order valence-corrected chi connectivity index (χ0v) is 11.1. The molecule has 0 amide bonds. The molecule has 2 aliphatic heterocycles. The molecule has 0 aliphatic carbocycles. The van der Waals surface area contributed by atoms with Crippen molar-refractivity contribution in [2.24, 2.45) is 0 Å². The number of nitrogens with two attached hydrogens (primary N) is 1. The third-order valence-electron chi connectivity index (χ3n) is 4.17. The molecule has 2 atom stereocenters. The molecule has 2 aliphatic rings. The van der Waals surface area contributed by atoms with Crippen LogP contribution in [-0.2, 0) is 11.3 Å². The van der Waals surface area contributed by atoms with Crippen molar-refractivity contribution >= 4 is 5.69 Å². The van der Waals surface area contributed by atoms with Crippen LogP contribution in [0.15, 0.2) is 6.20 Å². The number of anilines is 1. The van der Waals surface area contributed by atoms with Crippen LogP contribution in [0.2, 0.25) is 0 Å². The quantitative estimate of drug-likeness (QED) is 0.863. The number of pyridine rings is 1. The van der Waals surface area contributed by atoms with Crippen molar-refractivity contribution in [1.82, 2.24) is 9.88 Å². The molecule has 0 spiro atoms. The summed E-state index contributed by atoms with van der Waals surface area (Å²) in [6.45, 7) is 7.04. The summed E-state index contributed by atoms with van der Waals surface area (Å²) in [5.74, 6) is 0. The Balaban J connectivity index is 1.75. The second-order valence-electron chi connectivity index (χ2n) is 5.58. The average molecular weight is 247 g/mol. The lowest BCUT2D eigenvalue weighted by Gasteiger charge is -2.32. The maximum absolute atomic E-state index is 6.07. The van der Waals surface area contributed by atoms with Gasteiger partial charge in [-0.25, -0.2) is 0 Å². The van der Waals surface area contributed by atoms with E-state index in [0.717, 1.165) is 42.1 Å². The highest BCUT2D eigenvalue weighted by Gasteiger charge is 2.33. The SMILES string of the molecule is Cc1cnc(CN2CC3CCC(C2)O3)c(C)c1N. The molecule has 1 aromatic rings. The van der Waals surface area contributed by atoms with E-state index in [4.69, 9.17) is 10.5 Å². The van der Waals surface area contributed by atoms with E-state index in [-0.39, 0.29) is 0 Å². The molecule has 0 aromatic carbocycles. The number of hydrogen-bond acceptors (Lipinski definition) is 4. The standard InChI is InChI=1S/C14H21N3O/c1-9-5-16-13(10(2)14(9)15)8-17-6-11-3-4-12(7-17)18-11/h5,11-12H,3-4,6-8H2,1-2H3,(H2,15,16). The summed E-state index contributed by atoms with van der Waals surface area (Å²) in [7, 11) is 0. The average Bonchev–Trinajstić information content (AvgIpc) is 2.70. The van der Waals surface area contributed by atoms with Crippen molar-refractivity contribution in [3.05, 3.63) is 23.0 Å². The van der Waals surface area contributed by atoms with E-state index in [1.54, 1.807) is 0 Å². The van der Waals surface area contributed by atoms with E-state index < -0.39 is 0 Å². The van der Waals surface area contributed by atoms with E-state index in [2.05, 4.69) is 16.8 Å². The second-order valence-corrected chi connectivity index (χ2v) is 5.58. The normalized spacial score (nSPS) is 27.7. The van der Waals surface area contributed by atoms with E-state index >= 15 is 0 Å². The van der Waals surface area contributed by atoms with Gasteiger partial charge in [0.05, 0.1) is 17.9 Å². The molecule has 2 fully saturated rings. The Kier molecular flexibility index (Phi) is 2.99. The van der Waals surface area contributed by atoms with Gasteiger partial charge in [0.15, 0.2) is 0 Å². The predicted octanol–water partition coefficient (Wildman–Crippen LogP) is 1.64. The fourth-order valence-corrected chi connectivity index (χ4v) is 2.99. The van der Waals surface area contributed by atoms with Crippen LogP contribution >= 0.6 is 0 Å². The number of likely N-dealkylation sites (tertiary alicyclic amines) is 1. The Bertz CT molecular complexity index is 449. The van der Waals surface area contributed by atoms with Gasteiger partial charge in [0, 0.05) is 31.5 Å². The van der Waals surface area contributed by atoms with Gasteiger partial charge in [-0.05, 0) is 37.8 Å². The van der Waals surface area contributed by atoms with Gasteiger partial charge >= 0.3 is 0 Å². The van der Waals surface area contributed by atoms with Crippen molar-refractivity contribution in [2.45, 2.75) is 45.4 Å². The van der Waals surface area contributed by atoms with Crippen LogP contribution in [0.5, 0.6) is 0 Å². The zero-order chi connectivity index (χ0) is 12.7. The molecule has 1 aromatic heterocycles. The molecule has 4 heteroatoms. The molecular weight excluding hydrogens is 226 g/mol. The molecule has 3 heterocycles. The highest BCUT2D eigenvalue weighted by molar-refractivity contribution is 5.53. The van der Waals surface area contributed by atoms with Gasteiger partial charge < -0.3 is 10.5 Å². The van der Waals surface area contributed by atoms with Gasteiger partial charge in [-0.1, -0.05) is 0 Å². The minimum absolute atomic E-state index is 0.437. The van der Waals surface area contributed by atoms with Gasteiger partial charge in [0.25, 0.3) is 0 Å². The Hall–Kier alpha value is -1.13. The zero-order valence-electron chi connectivity index (χ0n) is 11.1. The topological polar surface area (TPSA) is 51.4 Å². The van der Waals surface area contributed by atoms with Crippen molar-refractivity contribution in [2.75, 3.05) is 18.8 Å². The highest BCUT2D eigenvalue weighted by Crippen LogP contribution is 2.28. The van der Waals surface area contributed by atoms with Crippen LogP contribution in [0.3, 0.4) is 0 Å². The van der Waals surface area contributed by atoms with E-state index in [9.17, 15) is 0 Å². The summed E-state index contributed by atoms with van der Waals surface area (Å²) >= 11 is 0. The number of ether oxygens (including phenoxy) is 1. The summed E-state index contributed by atoms with van der Waals surface area (Å²) in [5.41, 5.74) is 10.3. The van der Waals surface area contributed by atoms with Gasteiger partial charge in [-0.3, -0.25) is 9.88 Å². The number of hydrogen-bond donors (Lipinski definition) is 1. The fraction of sp³-hybridized carbons (Fsp3) is 0.643. The third-order valence-corrected chi connectivity index (χ3v) is 4.17. The number of aryl methyl sites for hydroxylation is 1. The van der Waals surface area contributed by atoms with Crippen molar-refractivity contribution in [3.63, 3.8) is 0 Å². The number of nitrogens with zero attached hydrogens (tertiary/aromatic N) is 2. The van der Waals surface area contributed by atoms with Crippen LogP contribution in [0.1, 0.15) is 29.7 Å². The molecule has 2 unspecified atom stereocenters. The molecule has 18 heavy (non-hydrogen) atoms. The first kappa shape index (κ1) is 11.9. The summed E-state index contributed by atoms with van der Waals surface area (Å²) in [6, 6.07) is 0. The first-order valence-electron chi connectivity index (χ1n) is 6.72. The van der Waals surface area contributed by atoms with Crippen LogP contribution in [-0.4, -0.2) is 35.2 Å². The number of fused-ring (bicyclic) bond motifs is 2. The molecule has 2 bridgehead atoms. The lowest BCUT2D eigenvalue weighted by atomic mass is 10.1. The van der Waals surface area contributed by atoms with Crippen LogP contribution in [0.4, 0.5) is 5.69 Å². The monoisotopic (exact) mass is 247 g/mol. The number of rotatable bonds is 2. The van der Waals surface area contributed by atoms with E-state index in [0.29, 0.717) is 12.2 Å².